The first-order valence-electron chi connectivity index (χ1n) is 6.77. The van der Waals surface area contributed by atoms with Crippen LogP contribution in [0.25, 0.3) is 0 Å². The predicted octanol–water partition coefficient (Wildman–Crippen LogP) is 2.06. The van der Waals surface area contributed by atoms with Crippen LogP contribution >= 0.6 is 11.3 Å². The molecular formula is C13H17N5OS. The molecule has 6 nitrogen and oxygen atoms in total. The monoisotopic (exact) mass is 291 g/mol. The van der Waals surface area contributed by atoms with Crippen LogP contribution in [0.3, 0.4) is 0 Å². The van der Waals surface area contributed by atoms with Crippen molar-refractivity contribution < 1.29 is 4.79 Å². The Labute approximate surface area is 121 Å². The number of carbonyl (C=O) groups is 1. The Morgan fingerprint density at radius 2 is 2.45 bits per heavy atom. The van der Waals surface area contributed by atoms with Gasteiger partial charge in [-0.3, -0.25) is 4.79 Å². The lowest BCUT2D eigenvalue weighted by Gasteiger charge is -2.15. The topological polar surface area (TPSA) is 72.7 Å². The minimum absolute atomic E-state index is 0.116. The van der Waals surface area contributed by atoms with E-state index in [-0.39, 0.29) is 5.91 Å². The Bertz CT molecular complexity index is 606. The lowest BCUT2D eigenvalue weighted by molar-refractivity contribution is -0.119. The second-order valence-electron chi connectivity index (χ2n) is 5.28. The number of anilines is 1. The molecule has 1 amide bonds. The van der Waals surface area contributed by atoms with E-state index in [1.54, 1.807) is 24.6 Å². The van der Waals surface area contributed by atoms with E-state index in [1.807, 2.05) is 0 Å². The van der Waals surface area contributed by atoms with E-state index in [0.717, 1.165) is 18.5 Å². The second kappa shape index (κ2) is 5.32. The third kappa shape index (κ3) is 2.58. The zero-order valence-corrected chi connectivity index (χ0v) is 12.4. The molecule has 20 heavy (non-hydrogen) atoms. The van der Waals surface area contributed by atoms with Gasteiger partial charge in [-0.2, -0.15) is 5.10 Å². The van der Waals surface area contributed by atoms with Crippen LogP contribution in [0.2, 0.25) is 0 Å². The number of amides is 1. The molecule has 0 saturated carbocycles. The maximum absolute atomic E-state index is 12.2. The van der Waals surface area contributed by atoms with Gasteiger partial charge in [-0.25, -0.2) is 14.6 Å². The average Bonchev–Trinajstić information content (AvgIpc) is 3.05. The van der Waals surface area contributed by atoms with Crippen LogP contribution in [-0.2, 0) is 17.6 Å². The van der Waals surface area contributed by atoms with Crippen LogP contribution in [0, 0.1) is 5.92 Å². The van der Waals surface area contributed by atoms with Gasteiger partial charge in [0, 0.05) is 4.88 Å². The van der Waals surface area contributed by atoms with Crippen molar-refractivity contribution in [3.8, 4) is 0 Å². The van der Waals surface area contributed by atoms with E-state index < -0.39 is 6.04 Å². The summed E-state index contributed by atoms with van der Waals surface area (Å²) >= 11 is 1.59. The normalized spacial score (nSPS) is 19.4. The molecule has 1 N–H and O–H groups in total. The molecule has 0 aliphatic heterocycles. The van der Waals surface area contributed by atoms with Crippen LogP contribution < -0.4 is 5.32 Å². The summed E-state index contributed by atoms with van der Waals surface area (Å²) in [5.41, 5.74) is 1.15. The van der Waals surface area contributed by atoms with E-state index in [1.165, 1.54) is 22.3 Å². The van der Waals surface area contributed by atoms with Crippen molar-refractivity contribution in [2.24, 2.45) is 5.92 Å². The van der Waals surface area contributed by atoms with Crippen LogP contribution in [0.1, 0.15) is 36.9 Å². The summed E-state index contributed by atoms with van der Waals surface area (Å²) in [4.78, 5) is 21.9. The van der Waals surface area contributed by atoms with Crippen molar-refractivity contribution in [3.63, 3.8) is 0 Å². The fraction of sp³-hybridized carbons (Fsp3) is 0.538. The Hall–Kier alpha value is -1.76. The number of fused-ring (bicyclic) bond motifs is 1. The van der Waals surface area contributed by atoms with E-state index in [9.17, 15) is 4.79 Å². The van der Waals surface area contributed by atoms with Gasteiger partial charge in [0.15, 0.2) is 5.13 Å². The fourth-order valence-corrected chi connectivity index (χ4v) is 3.51. The van der Waals surface area contributed by atoms with Crippen molar-refractivity contribution in [2.45, 2.75) is 39.2 Å². The molecule has 2 aromatic heterocycles. The van der Waals surface area contributed by atoms with Gasteiger partial charge in [-0.15, -0.1) is 11.3 Å². The largest absolute Gasteiger partial charge is 0.300 e. The number of aryl methyl sites for hydroxylation is 1. The zero-order chi connectivity index (χ0) is 14.1. The number of nitrogens with one attached hydrogen (secondary N) is 1. The summed E-state index contributed by atoms with van der Waals surface area (Å²) in [6, 6.07) is -0.391. The Morgan fingerprint density at radius 3 is 3.20 bits per heavy atom. The van der Waals surface area contributed by atoms with E-state index >= 15 is 0 Å². The Kier molecular flexibility index (Phi) is 3.52. The molecule has 0 fully saturated rings. The molecule has 2 atom stereocenters. The molecule has 0 spiro atoms. The van der Waals surface area contributed by atoms with Gasteiger partial charge in [-0.05, 0) is 32.1 Å². The SMILES string of the molecule is C[C@H]1CCc2nc(NC(=O)[C@@H](C)n3cncn3)sc2C1. The summed E-state index contributed by atoms with van der Waals surface area (Å²) in [6.45, 7) is 4.05. The molecule has 7 heteroatoms. The van der Waals surface area contributed by atoms with Crippen LogP contribution in [0.5, 0.6) is 0 Å². The third-order valence-electron chi connectivity index (χ3n) is 3.63. The average molecular weight is 291 g/mol. The summed E-state index contributed by atoms with van der Waals surface area (Å²) in [6.07, 6.45) is 6.23. The highest BCUT2D eigenvalue weighted by atomic mass is 32.1. The Morgan fingerprint density at radius 1 is 1.60 bits per heavy atom. The van der Waals surface area contributed by atoms with E-state index in [2.05, 4.69) is 27.3 Å². The molecule has 0 bridgehead atoms. The lowest BCUT2D eigenvalue weighted by atomic mass is 9.93. The van der Waals surface area contributed by atoms with Crippen molar-refractivity contribution in [3.05, 3.63) is 23.2 Å². The minimum atomic E-state index is -0.391. The molecule has 2 aromatic rings. The number of hydrogen-bond donors (Lipinski definition) is 1. The van der Waals surface area contributed by atoms with E-state index in [4.69, 9.17) is 0 Å². The second-order valence-corrected chi connectivity index (χ2v) is 6.36. The molecule has 0 aromatic carbocycles. The number of carbonyl (C=O) groups excluding carboxylic acids is 1. The predicted molar refractivity (Wildman–Crippen MR) is 76.7 cm³/mol. The fourth-order valence-electron chi connectivity index (χ4n) is 2.34. The number of thiazole rings is 1. The first kappa shape index (κ1) is 13.2. The Balaban J connectivity index is 1.70. The van der Waals surface area contributed by atoms with Gasteiger partial charge in [0.25, 0.3) is 5.91 Å². The summed E-state index contributed by atoms with van der Waals surface area (Å²) in [5.74, 6) is 0.593. The molecule has 3 rings (SSSR count). The summed E-state index contributed by atoms with van der Waals surface area (Å²) in [7, 11) is 0. The van der Waals surface area contributed by atoms with Crippen LogP contribution in [-0.4, -0.2) is 25.7 Å². The number of rotatable bonds is 3. The molecule has 106 valence electrons. The highest BCUT2D eigenvalue weighted by molar-refractivity contribution is 7.15. The van der Waals surface area contributed by atoms with Gasteiger partial charge in [-0.1, -0.05) is 6.92 Å². The van der Waals surface area contributed by atoms with Gasteiger partial charge in [0.05, 0.1) is 5.69 Å². The minimum Gasteiger partial charge on any atom is -0.300 e. The first-order valence-corrected chi connectivity index (χ1v) is 7.58. The molecular weight excluding hydrogens is 274 g/mol. The molecule has 1 aliphatic carbocycles. The molecule has 0 radical (unpaired) electrons. The third-order valence-corrected chi connectivity index (χ3v) is 4.66. The molecule has 2 heterocycles. The van der Waals surface area contributed by atoms with E-state index in [0.29, 0.717) is 11.0 Å². The van der Waals surface area contributed by atoms with Crippen molar-refractivity contribution in [2.75, 3.05) is 5.32 Å². The first-order chi connectivity index (χ1) is 9.63. The maximum atomic E-state index is 12.2. The van der Waals surface area contributed by atoms with Crippen LogP contribution in [0.15, 0.2) is 12.7 Å². The lowest BCUT2D eigenvalue weighted by Crippen LogP contribution is -2.23. The number of hydrogen-bond acceptors (Lipinski definition) is 5. The number of aromatic nitrogens is 4. The molecule has 0 unspecified atom stereocenters. The summed E-state index contributed by atoms with van der Waals surface area (Å²) < 4.78 is 1.53. The van der Waals surface area contributed by atoms with Crippen molar-refractivity contribution in [1.29, 1.82) is 0 Å². The standard InChI is InChI=1S/C13H17N5OS/c1-8-3-4-10-11(5-8)20-13(16-10)17-12(19)9(2)18-7-14-6-15-18/h6-9H,3-5H2,1-2H3,(H,16,17,19)/t8-,9+/m0/s1. The smallest absolute Gasteiger partial charge is 0.250 e. The van der Waals surface area contributed by atoms with Crippen molar-refractivity contribution in [1.82, 2.24) is 19.7 Å². The highest BCUT2D eigenvalue weighted by Gasteiger charge is 2.22. The number of nitrogens with zero attached hydrogens (tertiary/aromatic N) is 4. The van der Waals surface area contributed by atoms with Crippen LogP contribution in [0.4, 0.5) is 5.13 Å². The quantitative estimate of drug-likeness (QED) is 0.939. The highest BCUT2D eigenvalue weighted by Crippen LogP contribution is 2.32. The maximum Gasteiger partial charge on any atom is 0.250 e. The summed E-state index contributed by atoms with van der Waals surface area (Å²) in [5, 5.41) is 7.56. The van der Waals surface area contributed by atoms with Gasteiger partial charge in [0.2, 0.25) is 0 Å². The van der Waals surface area contributed by atoms with Crippen molar-refractivity contribution >= 4 is 22.4 Å². The molecule has 0 saturated heterocycles. The van der Waals surface area contributed by atoms with Gasteiger partial charge >= 0.3 is 0 Å². The van der Waals surface area contributed by atoms with Gasteiger partial charge in [0.1, 0.15) is 18.7 Å². The molecule has 1 aliphatic rings. The zero-order valence-electron chi connectivity index (χ0n) is 11.5. The van der Waals surface area contributed by atoms with Gasteiger partial charge < -0.3 is 5.32 Å².